The Labute approximate surface area is 128 Å². The van der Waals surface area contributed by atoms with E-state index in [4.69, 9.17) is 4.98 Å². The van der Waals surface area contributed by atoms with Crippen molar-refractivity contribution < 1.29 is 5.11 Å². The van der Waals surface area contributed by atoms with Gasteiger partial charge in [0, 0.05) is 11.8 Å². The molecule has 0 fully saturated rings. The summed E-state index contributed by atoms with van der Waals surface area (Å²) in [6.45, 7) is 2.01. The first-order valence-electron chi connectivity index (χ1n) is 7.34. The third-order valence-electron chi connectivity index (χ3n) is 4.05. The van der Waals surface area contributed by atoms with Gasteiger partial charge in [0.1, 0.15) is 5.65 Å². The Kier molecular flexibility index (Phi) is 2.94. The van der Waals surface area contributed by atoms with Gasteiger partial charge in [0.05, 0.1) is 18.0 Å². The van der Waals surface area contributed by atoms with E-state index >= 15 is 0 Å². The molecule has 0 aliphatic heterocycles. The number of aliphatic hydroxyl groups excluding tert-OH is 1. The highest BCUT2D eigenvalue weighted by Gasteiger charge is 2.13. The maximum Gasteiger partial charge on any atom is 0.138 e. The minimum atomic E-state index is -0.0353. The quantitative estimate of drug-likeness (QED) is 0.606. The minimum absolute atomic E-state index is 0.0353. The number of imidazole rings is 1. The Balaban J connectivity index is 1.98. The van der Waals surface area contributed by atoms with Crippen LogP contribution in [0.4, 0.5) is 0 Å². The summed E-state index contributed by atoms with van der Waals surface area (Å²) in [4.78, 5) is 4.72. The number of nitrogens with zero attached hydrogens (tertiary/aromatic N) is 2. The van der Waals surface area contributed by atoms with Crippen LogP contribution >= 0.6 is 0 Å². The molecular weight excluding hydrogens is 272 g/mol. The summed E-state index contributed by atoms with van der Waals surface area (Å²) in [5.74, 6) is 0. The average Bonchev–Trinajstić information content (AvgIpc) is 2.91. The number of rotatable bonds is 2. The average molecular weight is 288 g/mol. The second kappa shape index (κ2) is 4.97. The molecular formula is C19H16N2O. The first kappa shape index (κ1) is 13.0. The van der Waals surface area contributed by atoms with Crippen LogP contribution in [-0.2, 0) is 6.61 Å². The molecule has 2 aromatic carbocycles. The van der Waals surface area contributed by atoms with Gasteiger partial charge >= 0.3 is 0 Å². The summed E-state index contributed by atoms with van der Waals surface area (Å²) >= 11 is 0. The van der Waals surface area contributed by atoms with E-state index in [0.717, 1.165) is 28.2 Å². The van der Waals surface area contributed by atoms with Gasteiger partial charge in [0.15, 0.2) is 0 Å². The summed E-state index contributed by atoms with van der Waals surface area (Å²) in [6.07, 6.45) is 1.97. The van der Waals surface area contributed by atoms with Gasteiger partial charge in [-0.1, -0.05) is 36.4 Å². The Hall–Kier alpha value is -2.65. The number of pyridine rings is 1. The lowest BCUT2D eigenvalue weighted by atomic mass is 10.0. The fourth-order valence-electron chi connectivity index (χ4n) is 2.92. The van der Waals surface area contributed by atoms with Crippen LogP contribution in [0, 0.1) is 6.92 Å². The lowest BCUT2D eigenvalue weighted by molar-refractivity contribution is 0.276. The van der Waals surface area contributed by atoms with Crippen LogP contribution in [0.25, 0.3) is 27.7 Å². The zero-order valence-corrected chi connectivity index (χ0v) is 12.3. The van der Waals surface area contributed by atoms with Crippen molar-refractivity contribution in [3.63, 3.8) is 0 Å². The summed E-state index contributed by atoms with van der Waals surface area (Å²) in [7, 11) is 0. The zero-order valence-electron chi connectivity index (χ0n) is 12.3. The molecule has 0 saturated heterocycles. The van der Waals surface area contributed by atoms with E-state index in [-0.39, 0.29) is 6.61 Å². The molecule has 0 amide bonds. The maximum atomic E-state index is 9.79. The van der Waals surface area contributed by atoms with Crippen LogP contribution in [-0.4, -0.2) is 14.5 Å². The molecule has 22 heavy (non-hydrogen) atoms. The fourth-order valence-corrected chi connectivity index (χ4v) is 2.92. The highest BCUT2D eigenvalue weighted by Crippen LogP contribution is 2.28. The molecule has 4 rings (SSSR count). The molecule has 0 saturated carbocycles. The Bertz CT molecular complexity index is 985. The Morgan fingerprint density at radius 1 is 1.00 bits per heavy atom. The summed E-state index contributed by atoms with van der Waals surface area (Å²) in [5, 5.41) is 12.2. The van der Waals surface area contributed by atoms with Gasteiger partial charge in [-0.2, -0.15) is 0 Å². The van der Waals surface area contributed by atoms with E-state index in [2.05, 4.69) is 30.3 Å². The van der Waals surface area contributed by atoms with Crippen molar-refractivity contribution in [2.45, 2.75) is 13.5 Å². The molecule has 0 radical (unpaired) electrons. The number of aliphatic hydroxyl groups is 1. The van der Waals surface area contributed by atoms with Crippen molar-refractivity contribution in [2.24, 2.45) is 0 Å². The van der Waals surface area contributed by atoms with E-state index in [1.165, 1.54) is 10.8 Å². The minimum Gasteiger partial charge on any atom is -0.390 e. The second-order valence-electron chi connectivity index (χ2n) is 5.56. The summed E-state index contributed by atoms with van der Waals surface area (Å²) in [5.41, 5.74) is 4.73. The maximum absolute atomic E-state index is 9.79. The molecule has 3 heteroatoms. The number of hydrogen-bond donors (Lipinski definition) is 1. The molecule has 2 heterocycles. The first-order chi connectivity index (χ1) is 10.8. The Morgan fingerprint density at radius 2 is 1.82 bits per heavy atom. The highest BCUT2D eigenvalue weighted by atomic mass is 16.3. The van der Waals surface area contributed by atoms with Crippen LogP contribution < -0.4 is 0 Å². The number of fused-ring (bicyclic) bond motifs is 2. The standard InChI is InChI=1S/C19H16N2O/c1-13-8-9-21-17(12-22)19(20-18(21)10-13)16-7-6-14-4-2-3-5-15(14)11-16/h2-11,22H,12H2,1H3. The van der Waals surface area contributed by atoms with Crippen molar-refractivity contribution >= 4 is 16.4 Å². The van der Waals surface area contributed by atoms with Crippen LogP contribution in [0.3, 0.4) is 0 Å². The van der Waals surface area contributed by atoms with E-state index in [0.29, 0.717) is 0 Å². The molecule has 3 nitrogen and oxygen atoms in total. The molecule has 0 atom stereocenters. The molecule has 1 N–H and O–H groups in total. The third kappa shape index (κ3) is 1.98. The first-order valence-corrected chi connectivity index (χ1v) is 7.34. The van der Waals surface area contributed by atoms with Crippen LogP contribution in [0.1, 0.15) is 11.3 Å². The normalized spacial score (nSPS) is 11.4. The van der Waals surface area contributed by atoms with Crippen molar-refractivity contribution in [3.05, 3.63) is 72.1 Å². The van der Waals surface area contributed by atoms with Gasteiger partial charge in [0.25, 0.3) is 0 Å². The van der Waals surface area contributed by atoms with Gasteiger partial charge in [-0.25, -0.2) is 4.98 Å². The van der Waals surface area contributed by atoms with Crippen LogP contribution in [0.5, 0.6) is 0 Å². The topological polar surface area (TPSA) is 37.5 Å². The highest BCUT2D eigenvalue weighted by molar-refractivity contribution is 5.87. The number of aromatic nitrogens is 2. The molecule has 0 bridgehead atoms. The molecule has 0 spiro atoms. The molecule has 0 aliphatic rings. The van der Waals surface area contributed by atoms with E-state index < -0.39 is 0 Å². The predicted molar refractivity (Wildman–Crippen MR) is 88.8 cm³/mol. The molecule has 4 aromatic rings. The van der Waals surface area contributed by atoms with Crippen molar-refractivity contribution in [3.8, 4) is 11.3 Å². The van der Waals surface area contributed by atoms with Gasteiger partial charge in [0.2, 0.25) is 0 Å². The van der Waals surface area contributed by atoms with E-state index in [9.17, 15) is 5.11 Å². The fraction of sp³-hybridized carbons (Fsp3) is 0.105. The SMILES string of the molecule is Cc1ccn2c(CO)c(-c3ccc4ccccc4c3)nc2c1. The molecule has 0 aliphatic carbocycles. The molecule has 108 valence electrons. The monoisotopic (exact) mass is 288 g/mol. The van der Waals surface area contributed by atoms with Crippen LogP contribution in [0.2, 0.25) is 0 Å². The summed E-state index contributed by atoms with van der Waals surface area (Å²) in [6, 6.07) is 18.6. The van der Waals surface area contributed by atoms with Crippen LogP contribution in [0.15, 0.2) is 60.8 Å². The number of benzene rings is 2. The lowest BCUT2D eigenvalue weighted by Gasteiger charge is -2.04. The molecule has 2 aromatic heterocycles. The Morgan fingerprint density at radius 3 is 2.64 bits per heavy atom. The van der Waals surface area contributed by atoms with Gasteiger partial charge < -0.3 is 9.51 Å². The lowest BCUT2D eigenvalue weighted by Crippen LogP contribution is -1.94. The second-order valence-corrected chi connectivity index (χ2v) is 5.56. The van der Waals surface area contributed by atoms with Gasteiger partial charge in [-0.15, -0.1) is 0 Å². The smallest absolute Gasteiger partial charge is 0.138 e. The predicted octanol–water partition coefficient (Wildman–Crippen LogP) is 3.96. The molecule has 0 unspecified atom stereocenters. The van der Waals surface area contributed by atoms with E-state index in [1.807, 2.05) is 41.8 Å². The zero-order chi connectivity index (χ0) is 15.1. The van der Waals surface area contributed by atoms with Crippen molar-refractivity contribution in [1.82, 2.24) is 9.38 Å². The van der Waals surface area contributed by atoms with Gasteiger partial charge in [-0.3, -0.25) is 0 Å². The number of hydrogen-bond acceptors (Lipinski definition) is 2. The van der Waals surface area contributed by atoms with E-state index in [1.54, 1.807) is 0 Å². The van der Waals surface area contributed by atoms with Crippen molar-refractivity contribution in [1.29, 1.82) is 0 Å². The third-order valence-corrected chi connectivity index (χ3v) is 4.05. The largest absolute Gasteiger partial charge is 0.390 e. The summed E-state index contributed by atoms with van der Waals surface area (Å²) < 4.78 is 1.96. The number of aryl methyl sites for hydroxylation is 1. The van der Waals surface area contributed by atoms with Crippen molar-refractivity contribution in [2.75, 3.05) is 0 Å². The van der Waals surface area contributed by atoms with Gasteiger partial charge in [-0.05, 0) is 41.5 Å².